The van der Waals surface area contributed by atoms with Gasteiger partial charge < -0.3 is 14.4 Å². The van der Waals surface area contributed by atoms with Crippen LogP contribution in [0.3, 0.4) is 0 Å². The molecule has 1 atom stereocenters. The molecule has 0 saturated carbocycles. The number of halogens is 1. The van der Waals surface area contributed by atoms with E-state index in [4.69, 9.17) is 9.47 Å². The van der Waals surface area contributed by atoms with E-state index < -0.39 is 0 Å². The number of hydrogen-bond acceptors (Lipinski definition) is 3. The van der Waals surface area contributed by atoms with Gasteiger partial charge in [-0.05, 0) is 45.1 Å². The third kappa shape index (κ3) is 3.00. The number of benzene rings is 2. The molecule has 0 bridgehead atoms. The molecule has 24 heavy (non-hydrogen) atoms. The Morgan fingerprint density at radius 3 is 2.58 bits per heavy atom. The number of hydrogen-bond donors (Lipinski definition) is 0. The summed E-state index contributed by atoms with van der Waals surface area (Å²) in [6, 6.07) is 12.3. The molecule has 0 spiro atoms. The van der Waals surface area contributed by atoms with Crippen LogP contribution in [0, 0.1) is 0 Å². The molecule has 2 aromatic carbocycles. The van der Waals surface area contributed by atoms with Gasteiger partial charge in [0.25, 0.3) is 0 Å². The molecule has 1 amide bonds. The smallest absolute Gasteiger partial charge is 0.209 e. The van der Waals surface area contributed by atoms with Crippen LogP contribution >= 0.6 is 15.9 Å². The maximum Gasteiger partial charge on any atom is 0.209 e. The number of ether oxygens (including phenoxy) is 2. The molecule has 1 aliphatic heterocycles. The summed E-state index contributed by atoms with van der Waals surface area (Å²) in [6.45, 7) is 1.34. The summed E-state index contributed by atoms with van der Waals surface area (Å²) < 4.78 is 11.9. The van der Waals surface area contributed by atoms with Gasteiger partial charge >= 0.3 is 0 Å². The van der Waals surface area contributed by atoms with Crippen LogP contribution in [-0.2, 0) is 11.2 Å². The molecule has 1 aliphatic rings. The Morgan fingerprint density at radius 1 is 1.21 bits per heavy atom. The lowest BCUT2D eigenvalue weighted by molar-refractivity contribution is -0.118. The van der Waals surface area contributed by atoms with Gasteiger partial charge in [0.05, 0.1) is 18.7 Å². The highest BCUT2D eigenvalue weighted by Crippen LogP contribution is 2.44. The summed E-state index contributed by atoms with van der Waals surface area (Å²) in [7, 11) is 3.28. The molecule has 126 valence electrons. The van der Waals surface area contributed by atoms with Crippen molar-refractivity contribution < 1.29 is 14.3 Å². The van der Waals surface area contributed by atoms with Gasteiger partial charge in [0, 0.05) is 19.0 Å². The van der Waals surface area contributed by atoms with E-state index in [9.17, 15) is 4.79 Å². The molecule has 3 rings (SSSR count). The maximum atomic E-state index is 11.4. The third-order valence-electron chi connectivity index (χ3n) is 4.54. The number of nitrogens with zero attached hydrogens (tertiary/aromatic N) is 1. The van der Waals surface area contributed by atoms with Gasteiger partial charge in [-0.3, -0.25) is 4.79 Å². The van der Waals surface area contributed by atoms with Gasteiger partial charge in [0.15, 0.2) is 11.5 Å². The van der Waals surface area contributed by atoms with E-state index in [1.165, 1.54) is 16.7 Å². The van der Waals surface area contributed by atoms with Gasteiger partial charge in [0.2, 0.25) is 6.41 Å². The minimum Gasteiger partial charge on any atom is -0.493 e. The van der Waals surface area contributed by atoms with Crippen LogP contribution in [-0.4, -0.2) is 38.6 Å². The SMILES string of the molecule is COc1cc2c(c(Br)c1OC)CCN(C=O)CC2c1ccccc1. The number of amides is 1. The number of rotatable bonds is 4. The van der Waals surface area contributed by atoms with Crippen LogP contribution < -0.4 is 9.47 Å². The summed E-state index contributed by atoms with van der Waals surface area (Å²) in [5, 5.41) is 0. The van der Waals surface area contributed by atoms with Gasteiger partial charge in [0.1, 0.15) is 0 Å². The van der Waals surface area contributed by atoms with Gasteiger partial charge in [-0.2, -0.15) is 0 Å². The van der Waals surface area contributed by atoms with Crippen molar-refractivity contribution in [2.24, 2.45) is 0 Å². The summed E-state index contributed by atoms with van der Waals surface area (Å²) >= 11 is 3.68. The first kappa shape index (κ1) is 16.8. The Kier molecular flexibility index (Phi) is 5.09. The molecule has 0 saturated heterocycles. The van der Waals surface area contributed by atoms with E-state index >= 15 is 0 Å². The predicted octanol–water partition coefficient (Wildman–Crippen LogP) is 3.61. The summed E-state index contributed by atoms with van der Waals surface area (Å²) in [4.78, 5) is 13.3. The van der Waals surface area contributed by atoms with E-state index in [1.807, 2.05) is 29.2 Å². The number of carbonyl (C=O) groups is 1. The van der Waals surface area contributed by atoms with Crippen LogP contribution in [0.4, 0.5) is 0 Å². The first-order valence-corrected chi connectivity index (χ1v) is 8.66. The topological polar surface area (TPSA) is 38.8 Å². The van der Waals surface area contributed by atoms with Crippen molar-refractivity contribution in [1.82, 2.24) is 4.90 Å². The average Bonchev–Trinajstić information content (AvgIpc) is 2.82. The molecule has 0 fully saturated rings. The van der Waals surface area contributed by atoms with Crippen LogP contribution in [0.5, 0.6) is 11.5 Å². The highest BCUT2D eigenvalue weighted by Gasteiger charge is 2.28. The fourth-order valence-corrected chi connectivity index (χ4v) is 4.10. The fraction of sp³-hybridized carbons (Fsp3) is 0.316. The largest absolute Gasteiger partial charge is 0.493 e. The molecule has 1 unspecified atom stereocenters. The highest BCUT2D eigenvalue weighted by molar-refractivity contribution is 9.10. The van der Waals surface area contributed by atoms with Crippen molar-refractivity contribution in [3.8, 4) is 11.5 Å². The van der Waals surface area contributed by atoms with E-state index in [1.54, 1.807) is 14.2 Å². The molecular formula is C19H20BrNO3. The molecule has 0 N–H and O–H groups in total. The van der Waals surface area contributed by atoms with Crippen LogP contribution in [0.15, 0.2) is 40.9 Å². The van der Waals surface area contributed by atoms with Crippen LogP contribution in [0.2, 0.25) is 0 Å². The summed E-state index contributed by atoms with van der Waals surface area (Å²) in [6.07, 6.45) is 1.71. The molecule has 2 aromatic rings. The Bertz CT molecular complexity index is 733. The van der Waals surface area contributed by atoms with Crippen molar-refractivity contribution in [1.29, 1.82) is 0 Å². The molecule has 0 aromatic heterocycles. The first-order chi connectivity index (χ1) is 11.7. The van der Waals surface area contributed by atoms with Crippen LogP contribution in [0.1, 0.15) is 22.6 Å². The third-order valence-corrected chi connectivity index (χ3v) is 5.38. The Balaban J connectivity index is 2.20. The minimum absolute atomic E-state index is 0.102. The molecule has 0 radical (unpaired) electrons. The van der Waals surface area contributed by atoms with Crippen molar-refractivity contribution in [2.45, 2.75) is 12.3 Å². The molecule has 0 aliphatic carbocycles. The maximum absolute atomic E-state index is 11.4. The summed E-state index contributed by atoms with van der Waals surface area (Å²) in [5.41, 5.74) is 3.53. The predicted molar refractivity (Wildman–Crippen MR) is 96.9 cm³/mol. The first-order valence-electron chi connectivity index (χ1n) is 7.87. The quantitative estimate of drug-likeness (QED) is 0.749. The lowest BCUT2D eigenvalue weighted by Crippen LogP contribution is -2.27. The van der Waals surface area contributed by atoms with Gasteiger partial charge in [-0.15, -0.1) is 0 Å². The van der Waals surface area contributed by atoms with Crippen molar-refractivity contribution in [2.75, 3.05) is 27.3 Å². The van der Waals surface area contributed by atoms with Crippen LogP contribution in [0.25, 0.3) is 0 Å². The molecule has 4 nitrogen and oxygen atoms in total. The Morgan fingerprint density at radius 2 is 1.96 bits per heavy atom. The number of carbonyl (C=O) groups excluding carboxylic acids is 1. The second kappa shape index (κ2) is 7.26. The van der Waals surface area contributed by atoms with Crippen molar-refractivity contribution >= 4 is 22.3 Å². The zero-order valence-electron chi connectivity index (χ0n) is 13.8. The lowest BCUT2D eigenvalue weighted by Gasteiger charge is -2.23. The molecule has 5 heteroatoms. The standard InChI is InChI=1S/C19H20BrNO3/c1-23-17-10-15-14(18(20)19(17)24-2)8-9-21(12-22)11-16(15)13-6-4-3-5-7-13/h3-7,10,12,16H,8-9,11H2,1-2H3. The zero-order valence-corrected chi connectivity index (χ0v) is 15.4. The number of methoxy groups -OCH3 is 2. The van der Waals surface area contributed by atoms with Crippen molar-refractivity contribution in [3.63, 3.8) is 0 Å². The number of fused-ring (bicyclic) bond motifs is 1. The lowest BCUT2D eigenvalue weighted by atomic mass is 9.87. The van der Waals surface area contributed by atoms with Gasteiger partial charge in [-0.25, -0.2) is 0 Å². The minimum atomic E-state index is 0.102. The van der Waals surface area contributed by atoms with E-state index in [0.29, 0.717) is 24.6 Å². The second-order valence-electron chi connectivity index (χ2n) is 5.81. The average molecular weight is 390 g/mol. The Hall–Kier alpha value is -2.01. The summed E-state index contributed by atoms with van der Waals surface area (Å²) in [5.74, 6) is 1.50. The van der Waals surface area contributed by atoms with E-state index in [0.717, 1.165) is 17.3 Å². The van der Waals surface area contributed by atoms with E-state index in [-0.39, 0.29) is 5.92 Å². The molecular weight excluding hydrogens is 370 g/mol. The Labute approximate surface area is 150 Å². The molecule has 1 heterocycles. The monoisotopic (exact) mass is 389 g/mol. The zero-order chi connectivity index (χ0) is 17.1. The highest BCUT2D eigenvalue weighted by atomic mass is 79.9. The normalized spacial score (nSPS) is 17.0. The second-order valence-corrected chi connectivity index (χ2v) is 6.60. The van der Waals surface area contributed by atoms with E-state index in [2.05, 4.69) is 28.1 Å². The van der Waals surface area contributed by atoms with Gasteiger partial charge in [-0.1, -0.05) is 30.3 Å². The fourth-order valence-electron chi connectivity index (χ4n) is 3.32. The van der Waals surface area contributed by atoms with Crippen molar-refractivity contribution in [3.05, 3.63) is 57.6 Å².